The summed E-state index contributed by atoms with van der Waals surface area (Å²) >= 11 is 5.95. The van der Waals surface area contributed by atoms with Crippen molar-refractivity contribution in [3.05, 3.63) is 47.2 Å². The number of piperazine rings is 1. The first-order chi connectivity index (χ1) is 12.6. The molecule has 1 fully saturated rings. The maximum Gasteiger partial charge on any atom is 0.267 e. The normalized spacial score (nSPS) is 16.0. The molecule has 0 aliphatic carbocycles. The van der Waals surface area contributed by atoms with Gasteiger partial charge in [0.1, 0.15) is 5.69 Å². The molecule has 1 aliphatic rings. The van der Waals surface area contributed by atoms with Crippen LogP contribution in [-0.2, 0) is 7.05 Å². The molecule has 1 aliphatic heterocycles. The van der Waals surface area contributed by atoms with Gasteiger partial charge < -0.3 is 14.8 Å². The minimum absolute atomic E-state index is 0.0279. The number of nitrogens with zero attached hydrogens (tertiary/aromatic N) is 3. The van der Waals surface area contributed by atoms with Crippen molar-refractivity contribution in [2.45, 2.75) is 6.92 Å². The van der Waals surface area contributed by atoms with Gasteiger partial charge in [-0.15, -0.1) is 0 Å². The first-order valence-corrected chi connectivity index (χ1v) is 9.60. The van der Waals surface area contributed by atoms with Gasteiger partial charge in [0.15, 0.2) is 0 Å². The van der Waals surface area contributed by atoms with Crippen LogP contribution in [0, 0.1) is 0 Å². The van der Waals surface area contributed by atoms with Crippen molar-refractivity contribution in [1.29, 1.82) is 0 Å². The number of carbonyl (C=O) groups excluding carboxylic acids is 1. The van der Waals surface area contributed by atoms with Crippen LogP contribution in [0.4, 0.5) is 0 Å². The predicted molar refractivity (Wildman–Crippen MR) is 107 cm³/mol. The highest BCUT2D eigenvalue weighted by Crippen LogP contribution is 2.23. The molecule has 26 heavy (non-hydrogen) atoms. The number of carbonyl (C=O) groups is 1. The minimum Gasteiger partial charge on any atom is -0.349 e. The van der Waals surface area contributed by atoms with E-state index in [9.17, 15) is 4.79 Å². The molecule has 0 radical (unpaired) electrons. The van der Waals surface area contributed by atoms with Crippen molar-refractivity contribution in [3.8, 4) is 11.1 Å². The van der Waals surface area contributed by atoms with Crippen LogP contribution in [0.2, 0.25) is 5.02 Å². The van der Waals surface area contributed by atoms with Gasteiger partial charge in [0.05, 0.1) is 0 Å². The number of amides is 1. The van der Waals surface area contributed by atoms with Gasteiger partial charge in [-0.05, 0) is 30.3 Å². The van der Waals surface area contributed by atoms with E-state index in [0.29, 0.717) is 17.3 Å². The molecular formula is C20H27ClN4O. The molecule has 140 valence electrons. The summed E-state index contributed by atoms with van der Waals surface area (Å²) in [5.74, 6) is -0.0279. The second kappa shape index (κ2) is 8.71. The Labute approximate surface area is 160 Å². The molecular weight excluding hydrogens is 348 g/mol. The third-order valence-corrected chi connectivity index (χ3v) is 5.29. The van der Waals surface area contributed by atoms with E-state index >= 15 is 0 Å². The first-order valence-electron chi connectivity index (χ1n) is 9.22. The summed E-state index contributed by atoms with van der Waals surface area (Å²) in [5.41, 5.74) is 2.74. The summed E-state index contributed by atoms with van der Waals surface area (Å²) in [7, 11) is 1.90. The van der Waals surface area contributed by atoms with Gasteiger partial charge in [-0.2, -0.15) is 0 Å². The van der Waals surface area contributed by atoms with Gasteiger partial charge >= 0.3 is 0 Å². The Morgan fingerprint density at radius 2 is 1.73 bits per heavy atom. The topological polar surface area (TPSA) is 40.5 Å². The number of halogens is 1. The molecule has 3 rings (SSSR count). The average molecular weight is 375 g/mol. The summed E-state index contributed by atoms with van der Waals surface area (Å²) in [4.78, 5) is 17.4. The van der Waals surface area contributed by atoms with Gasteiger partial charge in [0.25, 0.3) is 5.91 Å². The lowest BCUT2D eigenvalue weighted by Gasteiger charge is -2.33. The number of hydrogen-bond donors (Lipinski definition) is 1. The Morgan fingerprint density at radius 3 is 2.38 bits per heavy atom. The number of rotatable bonds is 6. The quantitative estimate of drug-likeness (QED) is 0.845. The summed E-state index contributed by atoms with van der Waals surface area (Å²) in [6, 6.07) is 9.59. The fraction of sp³-hybridized carbons (Fsp3) is 0.450. The molecule has 1 N–H and O–H groups in total. The maximum absolute atomic E-state index is 12.5. The van der Waals surface area contributed by atoms with Crippen LogP contribution in [0.3, 0.4) is 0 Å². The predicted octanol–water partition coefficient (Wildman–Crippen LogP) is 2.71. The minimum atomic E-state index is -0.0279. The molecule has 0 spiro atoms. The van der Waals surface area contributed by atoms with Gasteiger partial charge in [0, 0.05) is 63.1 Å². The first kappa shape index (κ1) is 19.0. The van der Waals surface area contributed by atoms with Crippen molar-refractivity contribution in [1.82, 2.24) is 19.7 Å². The number of benzene rings is 1. The van der Waals surface area contributed by atoms with E-state index in [1.165, 1.54) is 0 Å². The monoisotopic (exact) mass is 374 g/mol. The Bertz CT molecular complexity index is 733. The Balaban J connectivity index is 1.53. The Hall–Kier alpha value is -1.82. The molecule has 0 unspecified atom stereocenters. The van der Waals surface area contributed by atoms with Crippen molar-refractivity contribution in [2.75, 3.05) is 45.8 Å². The van der Waals surface area contributed by atoms with Crippen molar-refractivity contribution >= 4 is 17.5 Å². The highest BCUT2D eigenvalue weighted by molar-refractivity contribution is 6.30. The number of hydrogen-bond acceptors (Lipinski definition) is 3. The lowest BCUT2D eigenvalue weighted by molar-refractivity contribution is 0.0930. The number of likely N-dealkylation sites (N-methyl/N-ethyl adjacent to an activating group) is 1. The fourth-order valence-corrected chi connectivity index (χ4v) is 3.46. The van der Waals surface area contributed by atoms with E-state index in [1.54, 1.807) is 0 Å². The molecule has 1 amide bonds. The summed E-state index contributed by atoms with van der Waals surface area (Å²) in [6.07, 6.45) is 1.97. The molecule has 0 bridgehead atoms. The number of nitrogens with one attached hydrogen (secondary N) is 1. The van der Waals surface area contributed by atoms with Gasteiger partial charge in [-0.25, -0.2) is 0 Å². The molecule has 1 aromatic heterocycles. The summed E-state index contributed by atoms with van der Waals surface area (Å²) in [5, 5.41) is 3.76. The summed E-state index contributed by atoms with van der Waals surface area (Å²) in [6.45, 7) is 9.29. The SMILES string of the molecule is CCN1CCN(CCNC(=O)c2cc(-c3ccc(Cl)cc3)cn2C)CC1. The zero-order chi connectivity index (χ0) is 18.5. The van der Waals surface area contributed by atoms with Crippen LogP contribution in [0.5, 0.6) is 0 Å². The third-order valence-electron chi connectivity index (χ3n) is 5.04. The summed E-state index contributed by atoms with van der Waals surface area (Å²) < 4.78 is 1.87. The molecule has 1 saturated heterocycles. The smallest absolute Gasteiger partial charge is 0.267 e. The van der Waals surface area contributed by atoms with E-state index < -0.39 is 0 Å². The lowest BCUT2D eigenvalue weighted by atomic mass is 10.1. The highest BCUT2D eigenvalue weighted by Gasteiger charge is 2.16. The molecule has 0 saturated carbocycles. The lowest BCUT2D eigenvalue weighted by Crippen LogP contribution is -2.48. The van der Waals surface area contributed by atoms with Crippen LogP contribution in [0.25, 0.3) is 11.1 Å². The second-order valence-corrected chi connectivity index (χ2v) is 7.20. The van der Waals surface area contributed by atoms with Crippen LogP contribution < -0.4 is 5.32 Å². The molecule has 0 atom stereocenters. The van der Waals surface area contributed by atoms with E-state index in [0.717, 1.165) is 50.4 Å². The maximum atomic E-state index is 12.5. The van der Waals surface area contributed by atoms with Crippen molar-refractivity contribution in [2.24, 2.45) is 7.05 Å². The van der Waals surface area contributed by atoms with Crippen molar-refractivity contribution in [3.63, 3.8) is 0 Å². The fourth-order valence-electron chi connectivity index (χ4n) is 3.34. The van der Waals surface area contributed by atoms with E-state index in [-0.39, 0.29) is 5.91 Å². The van der Waals surface area contributed by atoms with Crippen LogP contribution in [0.1, 0.15) is 17.4 Å². The van der Waals surface area contributed by atoms with Crippen LogP contribution >= 0.6 is 11.6 Å². The third kappa shape index (κ3) is 4.67. The number of aromatic nitrogens is 1. The zero-order valence-electron chi connectivity index (χ0n) is 15.5. The molecule has 6 heteroatoms. The van der Waals surface area contributed by atoms with E-state index in [4.69, 9.17) is 11.6 Å². The van der Waals surface area contributed by atoms with E-state index in [2.05, 4.69) is 22.0 Å². The molecule has 5 nitrogen and oxygen atoms in total. The van der Waals surface area contributed by atoms with Crippen LogP contribution in [0.15, 0.2) is 36.5 Å². The van der Waals surface area contributed by atoms with Gasteiger partial charge in [-0.1, -0.05) is 30.7 Å². The largest absolute Gasteiger partial charge is 0.349 e. The standard InChI is InChI=1S/C20H27ClN4O/c1-3-24-10-12-25(13-11-24)9-8-22-20(26)19-14-17(15-23(19)2)16-4-6-18(21)7-5-16/h4-7,14-15H,3,8-13H2,1-2H3,(H,22,26). The second-order valence-electron chi connectivity index (χ2n) is 6.76. The van der Waals surface area contributed by atoms with Crippen molar-refractivity contribution < 1.29 is 4.79 Å². The Morgan fingerprint density at radius 1 is 1.08 bits per heavy atom. The Kier molecular flexibility index (Phi) is 6.35. The zero-order valence-corrected chi connectivity index (χ0v) is 16.3. The van der Waals surface area contributed by atoms with Gasteiger partial charge in [0.2, 0.25) is 0 Å². The van der Waals surface area contributed by atoms with E-state index in [1.807, 2.05) is 48.1 Å². The highest BCUT2D eigenvalue weighted by atomic mass is 35.5. The van der Waals surface area contributed by atoms with Gasteiger partial charge in [-0.3, -0.25) is 9.69 Å². The molecule has 1 aromatic carbocycles. The molecule has 2 aromatic rings. The van der Waals surface area contributed by atoms with Crippen LogP contribution in [-0.4, -0.2) is 66.1 Å². The molecule has 2 heterocycles. The number of aryl methyl sites for hydroxylation is 1. The average Bonchev–Trinajstić information content (AvgIpc) is 3.04.